The highest BCUT2D eigenvalue weighted by atomic mass is 16.1. The van der Waals surface area contributed by atoms with Gasteiger partial charge in [0.1, 0.15) is 0 Å². The molecule has 0 saturated carbocycles. The molecule has 0 spiro atoms. The highest BCUT2D eigenvalue weighted by Crippen LogP contribution is 2.17. The highest BCUT2D eigenvalue weighted by Gasteiger charge is 2.16. The zero-order valence-electron chi connectivity index (χ0n) is 8.90. The van der Waals surface area contributed by atoms with Crippen molar-refractivity contribution in [2.24, 2.45) is 5.41 Å². The van der Waals surface area contributed by atoms with E-state index in [1.165, 1.54) is 0 Å². The highest BCUT2D eigenvalue weighted by molar-refractivity contribution is 5.76. The van der Waals surface area contributed by atoms with Crippen LogP contribution in [0.3, 0.4) is 0 Å². The summed E-state index contributed by atoms with van der Waals surface area (Å²) in [7, 11) is 0. The van der Waals surface area contributed by atoms with Crippen LogP contribution in [0.25, 0.3) is 0 Å². The fraction of sp³-hybridized carbons (Fsp3) is 0.900. The van der Waals surface area contributed by atoms with Gasteiger partial charge in [-0.2, -0.15) is 0 Å². The van der Waals surface area contributed by atoms with Crippen LogP contribution in [0, 0.1) is 5.41 Å². The van der Waals surface area contributed by atoms with Gasteiger partial charge in [-0.15, -0.1) is 0 Å². The molecule has 0 aromatic carbocycles. The number of rotatable bonds is 3. The first kappa shape index (κ1) is 11.5. The molecule has 0 rings (SSSR count). The fourth-order valence-electron chi connectivity index (χ4n) is 0.910. The third kappa shape index (κ3) is 6.20. The lowest BCUT2D eigenvalue weighted by Crippen LogP contribution is -2.34. The fourth-order valence-corrected chi connectivity index (χ4v) is 0.910. The molecule has 0 aliphatic rings. The van der Waals surface area contributed by atoms with Crippen molar-refractivity contribution in [1.82, 2.24) is 5.32 Å². The van der Waals surface area contributed by atoms with E-state index in [1.54, 1.807) is 0 Å². The molecule has 0 radical (unpaired) electrons. The Morgan fingerprint density at radius 2 is 1.92 bits per heavy atom. The lowest BCUT2D eigenvalue weighted by molar-refractivity contribution is -0.123. The second-order valence-electron chi connectivity index (χ2n) is 4.61. The van der Waals surface area contributed by atoms with E-state index in [-0.39, 0.29) is 11.3 Å². The Morgan fingerprint density at radius 1 is 1.42 bits per heavy atom. The Hall–Kier alpha value is -0.530. The van der Waals surface area contributed by atoms with Gasteiger partial charge in [0.2, 0.25) is 5.91 Å². The average molecular weight is 171 g/mol. The summed E-state index contributed by atoms with van der Waals surface area (Å²) in [6.07, 6.45) is 1.60. The molecule has 12 heavy (non-hydrogen) atoms. The van der Waals surface area contributed by atoms with Crippen LogP contribution < -0.4 is 5.32 Å². The molecule has 0 fully saturated rings. The van der Waals surface area contributed by atoms with Gasteiger partial charge < -0.3 is 5.32 Å². The molecule has 1 N–H and O–H groups in total. The Bertz CT molecular complexity index is 146. The lowest BCUT2D eigenvalue weighted by atomic mass is 9.92. The van der Waals surface area contributed by atoms with E-state index < -0.39 is 0 Å². The Morgan fingerprint density at radius 3 is 2.25 bits per heavy atom. The minimum atomic E-state index is 0.0948. The number of carbonyl (C=O) groups excluding carboxylic acids is 1. The quantitative estimate of drug-likeness (QED) is 0.693. The maximum absolute atomic E-state index is 11.3. The standard InChI is InChI=1S/C10H21NO/c1-6-8(2)11-9(12)7-10(3,4)5/h8H,6-7H2,1-5H3,(H,11,12). The molecule has 0 saturated heterocycles. The van der Waals surface area contributed by atoms with Crippen molar-refractivity contribution in [2.75, 3.05) is 0 Å². The summed E-state index contributed by atoms with van der Waals surface area (Å²) in [6.45, 7) is 10.3. The predicted molar refractivity (Wildman–Crippen MR) is 52.0 cm³/mol. The zero-order valence-corrected chi connectivity index (χ0v) is 8.90. The molecule has 2 nitrogen and oxygen atoms in total. The SMILES string of the molecule is CCC(C)NC(=O)CC(C)(C)C. The van der Waals surface area contributed by atoms with Gasteiger partial charge in [-0.3, -0.25) is 4.79 Å². The van der Waals surface area contributed by atoms with Crippen molar-refractivity contribution in [3.05, 3.63) is 0 Å². The average Bonchev–Trinajstić information content (AvgIpc) is 1.82. The van der Waals surface area contributed by atoms with Gasteiger partial charge in [-0.05, 0) is 18.8 Å². The molecule has 0 heterocycles. The normalized spacial score (nSPS) is 14.1. The third-order valence-electron chi connectivity index (χ3n) is 1.71. The molecular formula is C10H21NO. The van der Waals surface area contributed by atoms with E-state index in [9.17, 15) is 4.79 Å². The van der Waals surface area contributed by atoms with Gasteiger partial charge in [-0.1, -0.05) is 27.7 Å². The topological polar surface area (TPSA) is 29.1 Å². The second kappa shape index (κ2) is 4.48. The van der Waals surface area contributed by atoms with Gasteiger partial charge >= 0.3 is 0 Å². The van der Waals surface area contributed by atoms with Crippen molar-refractivity contribution in [2.45, 2.75) is 53.5 Å². The number of nitrogens with one attached hydrogen (secondary N) is 1. The molecule has 1 unspecified atom stereocenters. The number of carbonyl (C=O) groups is 1. The summed E-state index contributed by atoms with van der Waals surface area (Å²) < 4.78 is 0. The van der Waals surface area contributed by atoms with Gasteiger partial charge in [0, 0.05) is 12.5 Å². The third-order valence-corrected chi connectivity index (χ3v) is 1.71. The van der Waals surface area contributed by atoms with Crippen LogP contribution in [0.4, 0.5) is 0 Å². The Balaban J connectivity index is 3.75. The first-order valence-electron chi connectivity index (χ1n) is 4.64. The van der Waals surface area contributed by atoms with Crippen molar-refractivity contribution < 1.29 is 4.79 Å². The van der Waals surface area contributed by atoms with Crippen molar-refractivity contribution >= 4 is 5.91 Å². The number of amides is 1. The van der Waals surface area contributed by atoms with E-state index in [2.05, 4.69) is 33.0 Å². The van der Waals surface area contributed by atoms with Crippen LogP contribution in [0.15, 0.2) is 0 Å². The van der Waals surface area contributed by atoms with Crippen molar-refractivity contribution in [3.63, 3.8) is 0 Å². The lowest BCUT2D eigenvalue weighted by Gasteiger charge is -2.19. The van der Waals surface area contributed by atoms with Gasteiger partial charge in [0.25, 0.3) is 0 Å². The smallest absolute Gasteiger partial charge is 0.220 e. The van der Waals surface area contributed by atoms with Gasteiger partial charge in [0.05, 0.1) is 0 Å². The molecule has 2 heteroatoms. The molecule has 72 valence electrons. The molecule has 0 bridgehead atoms. The van der Waals surface area contributed by atoms with Crippen LogP contribution in [0.2, 0.25) is 0 Å². The van der Waals surface area contributed by atoms with E-state index in [0.717, 1.165) is 6.42 Å². The minimum absolute atomic E-state index is 0.0948. The van der Waals surface area contributed by atoms with Gasteiger partial charge in [0.15, 0.2) is 0 Å². The maximum Gasteiger partial charge on any atom is 0.220 e. The molecular weight excluding hydrogens is 150 g/mol. The maximum atomic E-state index is 11.3. The van der Waals surface area contributed by atoms with E-state index in [0.29, 0.717) is 12.5 Å². The van der Waals surface area contributed by atoms with Gasteiger partial charge in [-0.25, -0.2) is 0 Å². The van der Waals surface area contributed by atoms with Crippen molar-refractivity contribution in [1.29, 1.82) is 0 Å². The molecule has 0 aliphatic heterocycles. The van der Waals surface area contributed by atoms with Crippen LogP contribution in [0.1, 0.15) is 47.5 Å². The largest absolute Gasteiger partial charge is 0.354 e. The van der Waals surface area contributed by atoms with Crippen LogP contribution in [-0.4, -0.2) is 11.9 Å². The molecule has 0 aromatic heterocycles. The Kier molecular flexibility index (Phi) is 4.29. The first-order valence-corrected chi connectivity index (χ1v) is 4.64. The number of hydrogen-bond acceptors (Lipinski definition) is 1. The second-order valence-corrected chi connectivity index (χ2v) is 4.61. The van der Waals surface area contributed by atoms with E-state index >= 15 is 0 Å². The molecule has 0 aromatic rings. The number of hydrogen-bond donors (Lipinski definition) is 1. The summed E-state index contributed by atoms with van der Waals surface area (Å²) in [6, 6.07) is 0.305. The summed E-state index contributed by atoms with van der Waals surface area (Å²) in [5.41, 5.74) is 0.0948. The molecule has 1 amide bonds. The summed E-state index contributed by atoms with van der Waals surface area (Å²) >= 11 is 0. The monoisotopic (exact) mass is 171 g/mol. The van der Waals surface area contributed by atoms with Crippen LogP contribution >= 0.6 is 0 Å². The molecule has 0 aliphatic carbocycles. The van der Waals surface area contributed by atoms with E-state index in [1.807, 2.05) is 6.92 Å². The van der Waals surface area contributed by atoms with E-state index in [4.69, 9.17) is 0 Å². The first-order chi connectivity index (χ1) is 5.35. The van der Waals surface area contributed by atoms with Crippen LogP contribution in [-0.2, 0) is 4.79 Å². The Labute approximate surface area is 75.7 Å². The summed E-state index contributed by atoms with van der Waals surface area (Å²) in [4.78, 5) is 11.3. The minimum Gasteiger partial charge on any atom is -0.354 e. The summed E-state index contributed by atoms with van der Waals surface area (Å²) in [5, 5.41) is 2.95. The summed E-state index contributed by atoms with van der Waals surface area (Å²) in [5.74, 6) is 0.164. The predicted octanol–water partition coefficient (Wildman–Crippen LogP) is 2.34. The van der Waals surface area contributed by atoms with Crippen molar-refractivity contribution in [3.8, 4) is 0 Å². The van der Waals surface area contributed by atoms with Crippen LogP contribution in [0.5, 0.6) is 0 Å². The zero-order chi connectivity index (χ0) is 9.78. The molecule has 1 atom stereocenters.